The van der Waals surface area contributed by atoms with Crippen molar-refractivity contribution in [1.29, 1.82) is 0 Å². The molecule has 6 nitrogen and oxygen atoms in total. The Hall–Kier alpha value is -2.68. The molecule has 1 aromatic carbocycles. The normalized spacial score (nSPS) is 14.8. The lowest BCUT2D eigenvalue weighted by molar-refractivity contribution is -0.137. The Balaban J connectivity index is 1.93. The fraction of sp³-hybridized carbons (Fsp3) is 0.353. The number of carbonyl (C=O) groups is 1. The van der Waals surface area contributed by atoms with E-state index in [9.17, 15) is 22.8 Å². The van der Waals surface area contributed by atoms with Crippen molar-refractivity contribution in [2.45, 2.75) is 13.1 Å². The Morgan fingerprint density at radius 1 is 1.35 bits per heavy atom. The largest absolute Gasteiger partial charge is 0.416 e. The van der Waals surface area contributed by atoms with E-state index in [-0.39, 0.29) is 11.4 Å². The van der Waals surface area contributed by atoms with Gasteiger partial charge in [0.1, 0.15) is 0 Å². The Morgan fingerprint density at radius 2 is 2.08 bits per heavy atom. The summed E-state index contributed by atoms with van der Waals surface area (Å²) in [7, 11) is 0. The van der Waals surface area contributed by atoms with Crippen molar-refractivity contribution in [1.82, 2.24) is 20.4 Å². The van der Waals surface area contributed by atoms with Crippen LogP contribution in [-0.2, 0) is 6.18 Å². The zero-order chi connectivity index (χ0) is 18.9. The van der Waals surface area contributed by atoms with Gasteiger partial charge >= 0.3 is 6.18 Å². The lowest BCUT2D eigenvalue weighted by atomic mass is 10.0. The standard InChI is InChI=1S/C17H17F3N4O2/c1-10-5-14(25)15(16(26)22-9-11-7-21-8-11)23-24(10)13-4-2-3-12(6-13)17(18,19)20/h2-6,11,21H,7-9H2,1H3,(H,22,26). The van der Waals surface area contributed by atoms with Gasteiger partial charge in [-0.3, -0.25) is 9.59 Å². The first-order chi connectivity index (χ1) is 12.3. The van der Waals surface area contributed by atoms with Crippen molar-refractivity contribution < 1.29 is 18.0 Å². The molecule has 26 heavy (non-hydrogen) atoms. The third kappa shape index (κ3) is 3.77. The van der Waals surface area contributed by atoms with Crippen molar-refractivity contribution in [3.05, 3.63) is 57.5 Å². The molecule has 0 bridgehead atoms. The number of aromatic nitrogens is 2. The number of nitrogens with zero attached hydrogens (tertiary/aromatic N) is 2. The SMILES string of the molecule is Cc1cc(=O)c(C(=O)NCC2CNC2)nn1-c1cccc(C(F)(F)F)c1. The molecule has 3 rings (SSSR count). The maximum Gasteiger partial charge on any atom is 0.416 e. The molecule has 0 saturated carbocycles. The minimum absolute atomic E-state index is 0.120. The minimum Gasteiger partial charge on any atom is -0.350 e. The van der Waals surface area contributed by atoms with Gasteiger partial charge in [-0.15, -0.1) is 0 Å². The first kappa shape index (κ1) is 18.1. The number of carbonyl (C=O) groups excluding carboxylic acids is 1. The van der Waals surface area contributed by atoms with E-state index in [1.807, 2.05) is 0 Å². The molecule has 1 amide bonds. The van der Waals surface area contributed by atoms with Crippen LogP contribution in [0.25, 0.3) is 5.69 Å². The number of nitrogens with one attached hydrogen (secondary N) is 2. The fourth-order valence-electron chi connectivity index (χ4n) is 2.59. The van der Waals surface area contributed by atoms with Crippen LogP contribution in [0.5, 0.6) is 0 Å². The lowest BCUT2D eigenvalue weighted by Crippen LogP contribution is -2.48. The zero-order valence-corrected chi connectivity index (χ0v) is 13.9. The van der Waals surface area contributed by atoms with Crippen LogP contribution in [-0.4, -0.2) is 35.3 Å². The molecule has 138 valence electrons. The molecule has 2 N–H and O–H groups in total. The van der Waals surface area contributed by atoms with Crippen molar-refractivity contribution >= 4 is 5.91 Å². The molecule has 0 spiro atoms. The predicted molar refractivity (Wildman–Crippen MR) is 88.3 cm³/mol. The first-order valence-corrected chi connectivity index (χ1v) is 8.03. The van der Waals surface area contributed by atoms with Gasteiger partial charge in [-0.2, -0.15) is 18.3 Å². The van der Waals surface area contributed by atoms with Gasteiger partial charge in [0.25, 0.3) is 5.91 Å². The molecular weight excluding hydrogens is 349 g/mol. The van der Waals surface area contributed by atoms with Crippen LogP contribution in [0.1, 0.15) is 21.7 Å². The number of alkyl halides is 3. The quantitative estimate of drug-likeness (QED) is 0.860. The molecule has 0 radical (unpaired) electrons. The van der Waals surface area contributed by atoms with E-state index in [2.05, 4.69) is 15.7 Å². The summed E-state index contributed by atoms with van der Waals surface area (Å²) in [5.41, 5.74) is -1.31. The number of hydrogen-bond donors (Lipinski definition) is 2. The molecule has 1 fully saturated rings. The summed E-state index contributed by atoms with van der Waals surface area (Å²) in [4.78, 5) is 24.3. The monoisotopic (exact) mass is 366 g/mol. The van der Waals surface area contributed by atoms with E-state index in [1.54, 1.807) is 0 Å². The van der Waals surface area contributed by atoms with Crippen molar-refractivity contribution in [3.63, 3.8) is 0 Å². The van der Waals surface area contributed by atoms with Crippen LogP contribution in [0.4, 0.5) is 13.2 Å². The van der Waals surface area contributed by atoms with Crippen LogP contribution in [0.15, 0.2) is 35.1 Å². The molecule has 1 aromatic heterocycles. The highest BCUT2D eigenvalue weighted by Crippen LogP contribution is 2.30. The maximum atomic E-state index is 12.9. The van der Waals surface area contributed by atoms with E-state index in [0.29, 0.717) is 18.2 Å². The molecule has 0 atom stereocenters. The summed E-state index contributed by atoms with van der Waals surface area (Å²) in [5, 5.41) is 9.70. The van der Waals surface area contributed by atoms with E-state index in [4.69, 9.17) is 0 Å². The highest BCUT2D eigenvalue weighted by molar-refractivity contribution is 5.92. The zero-order valence-electron chi connectivity index (χ0n) is 13.9. The third-order valence-corrected chi connectivity index (χ3v) is 4.16. The summed E-state index contributed by atoms with van der Waals surface area (Å²) >= 11 is 0. The number of benzene rings is 1. The van der Waals surface area contributed by atoms with Crippen LogP contribution < -0.4 is 16.1 Å². The van der Waals surface area contributed by atoms with E-state index in [1.165, 1.54) is 25.1 Å². The summed E-state index contributed by atoms with van der Waals surface area (Å²) in [6.07, 6.45) is -4.50. The average Bonchev–Trinajstić information content (AvgIpc) is 2.52. The highest BCUT2D eigenvalue weighted by Gasteiger charge is 2.30. The van der Waals surface area contributed by atoms with E-state index in [0.717, 1.165) is 29.9 Å². The van der Waals surface area contributed by atoms with Crippen LogP contribution in [0, 0.1) is 12.8 Å². The second-order valence-corrected chi connectivity index (χ2v) is 6.19. The number of amides is 1. The minimum atomic E-state index is -4.50. The van der Waals surface area contributed by atoms with Crippen molar-refractivity contribution in [3.8, 4) is 5.69 Å². The maximum absolute atomic E-state index is 12.9. The van der Waals surface area contributed by atoms with E-state index < -0.39 is 23.1 Å². The van der Waals surface area contributed by atoms with Crippen molar-refractivity contribution in [2.24, 2.45) is 5.92 Å². The first-order valence-electron chi connectivity index (χ1n) is 8.03. The van der Waals surface area contributed by atoms with Gasteiger partial charge in [0.05, 0.1) is 11.3 Å². The van der Waals surface area contributed by atoms with Gasteiger partial charge < -0.3 is 10.6 Å². The summed E-state index contributed by atoms with van der Waals surface area (Å²) in [5.74, 6) is -0.335. The summed E-state index contributed by atoms with van der Waals surface area (Å²) in [6, 6.07) is 5.74. The van der Waals surface area contributed by atoms with Crippen molar-refractivity contribution in [2.75, 3.05) is 19.6 Å². The predicted octanol–water partition coefficient (Wildman–Crippen LogP) is 1.51. The van der Waals surface area contributed by atoms with Gasteiger partial charge in [0, 0.05) is 37.3 Å². The second-order valence-electron chi connectivity index (χ2n) is 6.19. The Labute approximate surface area is 147 Å². The van der Waals surface area contributed by atoms with Gasteiger partial charge in [-0.25, -0.2) is 4.68 Å². The van der Waals surface area contributed by atoms with Crippen LogP contribution in [0.3, 0.4) is 0 Å². The molecule has 1 saturated heterocycles. The van der Waals surface area contributed by atoms with E-state index >= 15 is 0 Å². The van der Waals surface area contributed by atoms with Crippen LogP contribution >= 0.6 is 0 Å². The second kappa shape index (κ2) is 6.91. The fourth-order valence-corrected chi connectivity index (χ4v) is 2.59. The smallest absolute Gasteiger partial charge is 0.350 e. The third-order valence-electron chi connectivity index (χ3n) is 4.16. The number of rotatable bonds is 4. The highest BCUT2D eigenvalue weighted by atomic mass is 19.4. The molecule has 2 aromatic rings. The molecule has 0 aliphatic carbocycles. The number of aryl methyl sites for hydroxylation is 1. The molecule has 1 aliphatic heterocycles. The van der Waals surface area contributed by atoms with Gasteiger partial charge in [0.2, 0.25) is 5.43 Å². The molecule has 9 heteroatoms. The lowest BCUT2D eigenvalue weighted by Gasteiger charge is -2.26. The Kier molecular flexibility index (Phi) is 4.82. The summed E-state index contributed by atoms with van der Waals surface area (Å²) in [6.45, 7) is 3.52. The molecule has 2 heterocycles. The van der Waals surface area contributed by atoms with Crippen LogP contribution in [0.2, 0.25) is 0 Å². The van der Waals surface area contributed by atoms with Gasteiger partial charge in [-0.1, -0.05) is 6.07 Å². The Morgan fingerprint density at radius 3 is 2.69 bits per heavy atom. The topological polar surface area (TPSA) is 76.0 Å². The van der Waals surface area contributed by atoms with Gasteiger partial charge in [0.15, 0.2) is 5.69 Å². The molecule has 0 unspecified atom stereocenters. The molecular formula is C17H17F3N4O2. The number of halogens is 3. The average molecular weight is 366 g/mol. The Bertz CT molecular complexity index is 888. The molecule has 1 aliphatic rings. The summed E-state index contributed by atoms with van der Waals surface area (Å²) < 4.78 is 39.9. The number of hydrogen-bond acceptors (Lipinski definition) is 4. The van der Waals surface area contributed by atoms with Gasteiger partial charge in [-0.05, 0) is 25.1 Å².